The first kappa shape index (κ1) is 12.0. The number of benzene rings is 1. The number of alkyl halides is 1. The maximum atomic E-state index is 11.7. The van der Waals surface area contributed by atoms with Crippen molar-refractivity contribution in [2.45, 2.75) is 25.1 Å². The van der Waals surface area contributed by atoms with Crippen molar-refractivity contribution in [3.63, 3.8) is 0 Å². The third kappa shape index (κ3) is 3.23. The first-order valence-electron chi connectivity index (χ1n) is 4.60. The number of carbonyl (C=O) groups excluding carboxylic acids is 1. The van der Waals surface area contributed by atoms with Crippen LogP contribution in [0.15, 0.2) is 18.2 Å². The number of nitrogens with one attached hydrogen (secondary N) is 1. The Bertz CT molecular complexity index is 383. The number of anilines is 1. The Labute approximate surface area is 97.6 Å². The van der Waals surface area contributed by atoms with Gasteiger partial charge in [-0.2, -0.15) is 0 Å². The lowest BCUT2D eigenvalue weighted by Gasteiger charge is -2.17. The van der Waals surface area contributed by atoms with E-state index in [0.717, 1.165) is 5.56 Å². The zero-order valence-electron chi connectivity index (χ0n) is 8.97. The molecule has 4 heteroatoms. The van der Waals surface area contributed by atoms with Crippen molar-refractivity contribution in [2.24, 2.45) is 0 Å². The van der Waals surface area contributed by atoms with Crippen LogP contribution in [0.1, 0.15) is 19.4 Å². The van der Waals surface area contributed by atoms with Crippen LogP contribution in [-0.4, -0.2) is 15.3 Å². The van der Waals surface area contributed by atoms with Gasteiger partial charge in [0.15, 0.2) is 0 Å². The van der Waals surface area contributed by atoms with Crippen molar-refractivity contribution < 1.29 is 9.90 Å². The molecule has 2 N–H and O–H groups in total. The summed E-state index contributed by atoms with van der Waals surface area (Å²) in [6, 6.07) is 4.84. The predicted molar refractivity (Wildman–Crippen MR) is 64.5 cm³/mol. The first-order valence-corrected chi connectivity index (χ1v) is 5.40. The summed E-state index contributed by atoms with van der Waals surface area (Å²) in [5.41, 5.74) is 1.55. The largest absolute Gasteiger partial charge is 0.508 e. The highest BCUT2D eigenvalue weighted by Crippen LogP contribution is 2.23. The van der Waals surface area contributed by atoms with E-state index in [1.807, 2.05) is 6.92 Å². The third-order valence-corrected chi connectivity index (χ3v) is 2.36. The minimum atomic E-state index is -0.600. The summed E-state index contributed by atoms with van der Waals surface area (Å²) in [6.07, 6.45) is 0. The van der Waals surface area contributed by atoms with Gasteiger partial charge in [-0.15, -0.1) is 0 Å². The smallest absolute Gasteiger partial charge is 0.240 e. The SMILES string of the molecule is Cc1cc(O)ccc1NC(=O)C(C)(C)Br. The molecule has 0 aromatic heterocycles. The fourth-order valence-corrected chi connectivity index (χ4v) is 1.16. The van der Waals surface area contributed by atoms with Crippen molar-refractivity contribution in [1.82, 2.24) is 0 Å². The molecule has 1 amide bonds. The average Bonchev–Trinajstić information content (AvgIpc) is 2.08. The number of hydrogen-bond acceptors (Lipinski definition) is 2. The number of amides is 1. The van der Waals surface area contributed by atoms with Crippen LogP contribution in [0.5, 0.6) is 5.75 Å². The molecule has 3 nitrogen and oxygen atoms in total. The molecule has 1 aromatic rings. The molecule has 0 heterocycles. The maximum absolute atomic E-state index is 11.7. The Morgan fingerprint density at radius 3 is 2.53 bits per heavy atom. The number of halogens is 1. The van der Waals surface area contributed by atoms with Crippen molar-refractivity contribution >= 4 is 27.5 Å². The number of hydrogen-bond donors (Lipinski definition) is 2. The van der Waals surface area contributed by atoms with Gasteiger partial charge in [0.1, 0.15) is 5.75 Å². The van der Waals surface area contributed by atoms with Crippen LogP contribution in [0.25, 0.3) is 0 Å². The van der Waals surface area contributed by atoms with E-state index >= 15 is 0 Å². The van der Waals surface area contributed by atoms with Crippen molar-refractivity contribution in [3.8, 4) is 5.75 Å². The predicted octanol–water partition coefficient (Wildman–Crippen LogP) is 2.81. The zero-order chi connectivity index (χ0) is 11.6. The molecule has 0 spiro atoms. The number of phenolic OH excluding ortho intramolecular Hbond substituents is 1. The molecular weight excluding hydrogens is 258 g/mol. The Balaban J connectivity index is 2.87. The summed E-state index contributed by atoms with van der Waals surface area (Å²) < 4.78 is -0.600. The lowest BCUT2D eigenvalue weighted by atomic mass is 10.1. The van der Waals surface area contributed by atoms with Crippen LogP contribution in [0.4, 0.5) is 5.69 Å². The van der Waals surface area contributed by atoms with Crippen LogP contribution >= 0.6 is 15.9 Å². The minimum Gasteiger partial charge on any atom is -0.508 e. The molecule has 15 heavy (non-hydrogen) atoms. The standard InChI is InChI=1S/C11H14BrNO2/c1-7-6-8(14)4-5-9(7)13-10(15)11(2,3)12/h4-6,14H,1-3H3,(H,13,15). The summed E-state index contributed by atoms with van der Waals surface area (Å²) in [7, 11) is 0. The lowest BCUT2D eigenvalue weighted by Crippen LogP contribution is -2.31. The molecule has 0 unspecified atom stereocenters. The number of aromatic hydroxyl groups is 1. The Morgan fingerprint density at radius 2 is 2.07 bits per heavy atom. The topological polar surface area (TPSA) is 49.3 Å². The number of carbonyl (C=O) groups is 1. The fourth-order valence-electron chi connectivity index (χ4n) is 1.06. The van der Waals surface area contributed by atoms with Crippen LogP contribution < -0.4 is 5.32 Å². The summed E-state index contributed by atoms with van der Waals surface area (Å²) in [4.78, 5) is 11.7. The van der Waals surface area contributed by atoms with Gasteiger partial charge in [0, 0.05) is 5.69 Å². The summed E-state index contributed by atoms with van der Waals surface area (Å²) in [6.45, 7) is 5.38. The number of aryl methyl sites for hydroxylation is 1. The van der Waals surface area contributed by atoms with E-state index in [2.05, 4.69) is 21.2 Å². The molecule has 0 aliphatic rings. The number of phenols is 1. The molecule has 0 saturated heterocycles. The summed E-state index contributed by atoms with van der Waals surface area (Å²) in [5, 5.41) is 12.0. The van der Waals surface area contributed by atoms with E-state index < -0.39 is 4.32 Å². The first-order chi connectivity index (χ1) is 6.80. The Morgan fingerprint density at radius 1 is 1.47 bits per heavy atom. The molecule has 0 fully saturated rings. The van der Waals surface area contributed by atoms with E-state index in [9.17, 15) is 9.90 Å². The second-order valence-electron chi connectivity index (χ2n) is 3.93. The van der Waals surface area contributed by atoms with E-state index in [0.29, 0.717) is 5.69 Å². The van der Waals surface area contributed by atoms with Crippen molar-refractivity contribution in [3.05, 3.63) is 23.8 Å². The van der Waals surface area contributed by atoms with Crippen LogP contribution in [0, 0.1) is 6.92 Å². The second-order valence-corrected chi connectivity index (χ2v) is 5.91. The normalized spacial score (nSPS) is 11.2. The maximum Gasteiger partial charge on any atom is 0.240 e. The van der Waals surface area contributed by atoms with Crippen molar-refractivity contribution in [2.75, 3.05) is 5.32 Å². The van der Waals surface area contributed by atoms with Gasteiger partial charge in [-0.05, 0) is 44.5 Å². The highest BCUT2D eigenvalue weighted by molar-refractivity contribution is 9.10. The van der Waals surface area contributed by atoms with Crippen LogP contribution in [0.3, 0.4) is 0 Å². The second kappa shape index (κ2) is 4.23. The van der Waals surface area contributed by atoms with Gasteiger partial charge < -0.3 is 10.4 Å². The Hall–Kier alpha value is -1.03. The molecular formula is C11H14BrNO2. The van der Waals surface area contributed by atoms with E-state index in [-0.39, 0.29) is 11.7 Å². The fraction of sp³-hybridized carbons (Fsp3) is 0.364. The van der Waals surface area contributed by atoms with Gasteiger partial charge in [0.05, 0.1) is 4.32 Å². The van der Waals surface area contributed by atoms with Gasteiger partial charge in [0.2, 0.25) is 5.91 Å². The lowest BCUT2D eigenvalue weighted by molar-refractivity contribution is -0.117. The summed E-state index contributed by atoms with van der Waals surface area (Å²) in [5.74, 6) is 0.0832. The molecule has 0 aliphatic heterocycles. The summed E-state index contributed by atoms with van der Waals surface area (Å²) >= 11 is 3.28. The quantitative estimate of drug-likeness (QED) is 0.642. The zero-order valence-corrected chi connectivity index (χ0v) is 10.6. The average molecular weight is 272 g/mol. The van der Waals surface area contributed by atoms with E-state index in [1.165, 1.54) is 0 Å². The monoisotopic (exact) mass is 271 g/mol. The molecule has 1 rings (SSSR count). The molecule has 82 valence electrons. The van der Waals surface area contributed by atoms with Crippen LogP contribution in [0.2, 0.25) is 0 Å². The van der Waals surface area contributed by atoms with Crippen LogP contribution in [-0.2, 0) is 4.79 Å². The van der Waals surface area contributed by atoms with Gasteiger partial charge in [-0.25, -0.2) is 0 Å². The van der Waals surface area contributed by atoms with E-state index in [4.69, 9.17) is 0 Å². The number of rotatable bonds is 2. The highest BCUT2D eigenvalue weighted by atomic mass is 79.9. The molecule has 0 radical (unpaired) electrons. The van der Waals surface area contributed by atoms with E-state index in [1.54, 1.807) is 32.0 Å². The van der Waals surface area contributed by atoms with Crippen molar-refractivity contribution in [1.29, 1.82) is 0 Å². The Kier molecular flexibility index (Phi) is 3.39. The molecule has 0 atom stereocenters. The molecule has 1 aromatic carbocycles. The third-order valence-electron chi connectivity index (χ3n) is 2.00. The highest BCUT2D eigenvalue weighted by Gasteiger charge is 2.23. The molecule has 0 bridgehead atoms. The van der Waals surface area contributed by atoms with Gasteiger partial charge in [-0.3, -0.25) is 4.79 Å². The molecule has 0 saturated carbocycles. The minimum absolute atomic E-state index is 0.115. The van der Waals surface area contributed by atoms with Gasteiger partial charge >= 0.3 is 0 Å². The molecule has 0 aliphatic carbocycles. The van der Waals surface area contributed by atoms with Gasteiger partial charge in [0.25, 0.3) is 0 Å². The van der Waals surface area contributed by atoms with Gasteiger partial charge in [-0.1, -0.05) is 15.9 Å².